The van der Waals surface area contributed by atoms with Crippen molar-refractivity contribution in [2.45, 2.75) is 25.9 Å². The number of benzene rings is 1. The van der Waals surface area contributed by atoms with Crippen molar-refractivity contribution < 1.29 is 14.3 Å². The van der Waals surface area contributed by atoms with Gasteiger partial charge in [-0.15, -0.1) is 0 Å². The van der Waals surface area contributed by atoms with Crippen LogP contribution in [0.5, 0.6) is 0 Å². The molecule has 0 aromatic heterocycles. The Morgan fingerprint density at radius 2 is 1.95 bits per heavy atom. The standard InChI is InChI=1S/C15H19NO3/c1-15(2,19-14(16)17)10-8-12-4-6-13(7-5-12)9-11-18-3/h4-7H,9,11H2,1-3H3,(H2,16,17). The summed E-state index contributed by atoms with van der Waals surface area (Å²) in [6.07, 6.45) is 0.0507. The third kappa shape index (κ3) is 5.94. The number of carbonyl (C=O) groups excluding carboxylic acids is 1. The predicted octanol–water partition coefficient (Wildman–Crippen LogP) is 2.10. The van der Waals surface area contributed by atoms with Crippen molar-refractivity contribution in [1.29, 1.82) is 0 Å². The molecule has 102 valence electrons. The van der Waals surface area contributed by atoms with E-state index in [1.54, 1.807) is 21.0 Å². The second-order valence-corrected chi connectivity index (χ2v) is 4.62. The van der Waals surface area contributed by atoms with Crippen LogP contribution in [-0.2, 0) is 15.9 Å². The van der Waals surface area contributed by atoms with Gasteiger partial charge < -0.3 is 15.2 Å². The zero-order chi connectivity index (χ0) is 14.3. The van der Waals surface area contributed by atoms with Gasteiger partial charge in [0.25, 0.3) is 0 Å². The van der Waals surface area contributed by atoms with E-state index in [0.29, 0.717) is 6.61 Å². The number of carbonyl (C=O) groups is 1. The third-order valence-corrected chi connectivity index (χ3v) is 2.41. The molecule has 0 saturated heterocycles. The molecule has 0 unspecified atom stereocenters. The van der Waals surface area contributed by atoms with E-state index in [1.165, 1.54) is 5.56 Å². The van der Waals surface area contributed by atoms with Crippen LogP contribution in [0.3, 0.4) is 0 Å². The highest BCUT2D eigenvalue weighted by molar-refractivity contribution is 5.65. The normalized spacial score (nSPS) is 10.5. The molecule has 4 heteroatoms. The summed E-state index contributed by atoms with van der Waals surface area (Å²) in [4.78, 5) is 10.7. The Balaban J connectivity index is 2.70. The Morgan fingerprint density at radius 3 is 2.47 bits per heavy atom. The van der Waals surface area contributed by atoms with Crippen LogP contribution in [0.1, 0.15) is 25.0 Å². The maximum absolute atomic E-state index is 10.7. The van der Waals surface area contributed by atoms with Gasteiger partial charge in [-0.25, -0.2) is 4.79 Å². The van der Waals surface area contributed by atoms with Crippen molar-refractivity contribution in [1.82, 2.24) is 0 Å². The van der Waals surface area contributed by atoms with Gasteiger partial charge in [-0.2, -0.15) is 0 Å². The molecule has 1 rings (SSSR count). The fourth-order valence-electron chi connectivity index (χ4n) is 1.47. The van der Waals surface area contributed by atoms with Gasteiger partial charge in [0, 0.05) is 12.7 Å². The first-order chi connectivity index (χ1) is 8.93. The average molecular weight is 261 g/mol. The summed E-state index contributed by atoms with van der Waals surface area (Å²) in [5, 5.41) is 0. The topological polar surface area (TPSA) is 61.6 Å². The number of hydrogen-bond donors (Lipinski definition) is 1. The van der Waals surface area contributed by atoms with Crippen molar-refractivity contribution in [2.24, 2.45) is 5.73 Å². The molecule has 0 saturated carbocycles. The lowest BCUT2D eigenvalue weighted by Gasteiger charge is -2.16. The lowest BCUT2D eigenvalue weighted by molar-refractivity contribution is 0.0865. The lowest BCUT2D eigenvalue weighted by atomic mass is 10.1. The molecule has 2 N–H and O–H groups in total. The second kappa shape index (κ2) is 6.81. The Hall–Kier alpha value is -1.99. The van der Waals surface area contributed by atoms with E-state index in [0.717, 1.165) is 12.0 Å². The highest BCUT2D eigenvalue weighted by atomic mass is 16.6. The number of nitrogens with two attached hydrogens (primary N) is 1. The van der Waals surface area contributed by atoms with Crippen molar-refractivity contribution >= 4 is 6.09 Å². The smallest absolute Gasteiger partial charge is 0.406 e. The molecule has 1 aromatic rings. The largest absolute Gasteiger partial charge is 0.430 e. The SMILES string of the molecule is COCCc1ccc(C#CC(C)(C)OC(N)=O)cc1. The Labute approximate surface area is 113 Å². The van der Waals surface area contributed by atoms with Crippen molar-refractivity contribution in [3.05, 3.63) is 35.4 Å². The first-order valence-electron chi connectivity index (χ1n) is 6.02. The van der Waals surface area contributed by atoms with Gasteiger partial charge in [0.15, 0.2) is 5.60 Å². The maximum Gasteiger partial charge on any atom is 0.406 e. The van der Waals surface area contributed by atoms with Gasteiger partial charge in [0.05, 0.1) is 6.61 Å². The van der Waals surface area contributed by atoms with Crippen LogP contribution in [-0.4, -0.2) is 25.4 Å². The van der Waals surface area contributed by atoms with Gasteiger partial charge in [-0.05, 0) is 38.0 Å². The maximum atomic E-state index is 10.7. The monoisotopic (exact) mass is 261 g/mol. The first kappa shape index (κ1) is 15.1. The van der Waals surface area contributed by atoms with E-state index < -0.39 is 11.7 Å². The summed E-state index contributed by atoms with van der Waals surface area (Å²) in [6.45, 7) is 4.08. The molecule has 19 heavy (non-hydrogen) atoms. The molecule has 1 aromatic carbocycles. The van der Waals surface area contributed by atoms with E-state index in [1.807, 2.05) is 24.3 Å². The van der Waals surface area contributed by atoms with E-state index in [9.17, 15) is 4.79 Å². The fraction of sp³-hybridized carbons (Fsp3) is 0.400. The second-order valence-electron chi connectivity index (χ2n) is 4.62. The number of amides is 1. The molecule has 0 aliphatic rings. The molecule has 0 bridgehead atoms. The molecule has 0 aliphatic heterocycles. The Kier molecular flexibility index (Phi) is 5.40. The highest BCUT2D eigenvalue weighted by Crippen LogP contribution is 2.09. The summed E-state index contributed by atoms with van der Waals surface area (Å²) < 4.78 is 9.90. The van der Waals surface area contributed by atoms with E-state index in [-0.39, 0.29) is 0 Å². The minimum atomic E-state index is -0.888. The number of hydrogen-bond acceptors (Lipinski definition) is 3. The number of primary amides is 1. The lowest BCUT2D eigenvalue weighted by Crippen LogP contribution is -2.29. The molecule has 0 aliphatic carbocycles. The van der Waals surface area contributed by atoms with Gasteiger partial charge in [-0.1, -0.05) is 24.0 Å². The minimum absolute atomic E-state index is 0.699. The van der Waals surface area contributed by atoms with Crippen molar-refractivity contribution in [3.8, 4) is 11.8 Å². The minimum Gasteiger partial charge on any atom is -0.430 e. The first-order valence-corrected chi connectivity index (χ1v) is 6.02. The van der Waals surface area contributed by atoms with Crippen LogP contribution in [0.15, 0.2) is 24.3 Å². The summed E-state index contributed by atoms with van der Waals surface area (Å²) >= 11 is 0. The predicted molar refractivity (Wildman–Crippen MR) is 73.6 cm³/mol. The molecule has 1 amide bonds. The Morgan fingerprint density at radius 1 is 1.32 bits per heavy atom. The van der Waals surface area contributed by atoms with Crippen LogP contribution >= 0.6 is 0 Å². The molecule has 0 radical (unpaired) electrons. The van der Waals surface area contributed by atoms with Crippen molar-refractivity contribution in [3.63, 3.8) is 0 Å². The molecule has 0 atom stereocenters. The molecule has 0 fully saturated rings. The highest BCUT2D eigenvalue weighted by Gasteiger charge is 2.17. The summed E-state index contributed by atoms with van der Waals surface area (Å²) in [5.74, 6) is 5.83. The zero-order valence-electron chi connectivity index (χ0n) is 11.5. The van der Waals surface area contributed by atoms with E-state index >= 15 is 0 Å². The number of rotatable bonds is 4. The van der Waals surface area contributed by atoms with Crippen LogP contribution < -0.4 is 5.73 Å². The molecule has 0 spiro atoms. The van der Waals surface area contributed by atoms with Gasteiger partial charge in [-0.3, -0.25) is 0 Å². The fourth-order valence-corrected chi connectivity index (χ4v) is 1.47. The van der Waals surface area contributed by atoms with Gasteiger partial charge in [0.1, 0.15) is 0 Å². The molecule has 0 heterocycles. The van der Waals surface area contributed by atoms with Gasteiger partial charge >= 0.3 is 6.09 Å². The average Bonchev–Trinajstić information content (AvgIpc) is 2.34. The third-order valence-electron chi connectivity index (χ3n) is 2.41. The van der Waals surface area contributed by atoms with Crippen LogP contribution in [0.4, 0.5) is 4.79 Å². The molecule has 4 nitrogen and oxygen atoms in total. The summed E-state index contributed by atoms with van der Waals surface area (Å²) in [7, 11) is 1.68. The van der Waals surface area contributed by atoms with Crippen molar-refractivity contribution in [2.75, 3.05) is 13.7 Å². The van der Waals surface area contributed by atoms with Gasteiger partial charge in [0.2, 0.25) is 0 Å². The quantitative estimate of drug-likeness (QED) is 0.844. The number of methoxy groups -OCH3 is 1. The van der Waals surface area contributed by atoms with Crippen LogP contribution in [0, 0.1) is 11.8 Å². The Bertz CT molecular complexity index is 480. The summed E-state index contributed by atoms with van der Waals surface area (Å²) in [6, 6.07) is 7.87. The van der Waals surface area contributed by atoms with E-state index in [2.05, 4.69) is 11.8 Å². The number of ether oxygens (including phenoxy) is 2. The zero-order valence-corrected chi connectivity index (χ0v) is 11.5. The molecular formula is C15H19NO3. The van der Waals surface area contributed by atoms with Crippen LogP contribution in [0.2, 0.25) is 0 Å². The van der Waals surface area contributed by atoms with Crippen LogP contribution in [0.25, 0.3) is 0 Å². The summed E-state index contributed by atoms with van der Waals surface area (Å²) in [5.41, 5.74) is 6.14. The van der Waals surface area contributed by atoms with E-state index in [4.69, 9.17) is 15.2 Å². The molecular weight excluding hydrogens is 242 g/mol.